The molecule has 0 saturated carbocycles. The topological polar surface area (TPSA) is 70.5 Å². The second-order valence-electron chi connectivity index (χ2n) is 6.29. The molecule has 0 saturated heterocycles. The van der Waals surface area contributed by atoms with Gasteiger partial charge in [-0.05, 0) is 52.4 Å². The molecule has 2 heterocycles. The van der Waals surface area contributed by atoms with Gasteiger partial charge in [0, 0.05) is 18.0 Å². The molecule has 1 aromatic heterocycles. The van der Waals surface area contributed by atoms with Crippen molar-refractivity contribution in [1.82, 2.24) is 10.0 Å². The van der Waals surface area contributed by atoms with E-state index < -0.39 is 11.8 Å². The summed E-state index contributed by atoms with van der Waals surface area (Å²) in [5, 5.41) is 9.64. The second kappa shape index (κ2) is 6.54. The van der Waals surface area contributed by atoms with Gasteiger partial charge in [0.15, 0.2) is 0 Å². The molecule has 0 radical (unpaired) electrons. The van der Waals surface area contributed by atoms with E-state index in [4.69, 9.17) is 0 Å². The normalized spacial score (nSPS) is 13.7. The Hall–Kier alpha value is -3.31. The summed E-state index contributed by atoms with van der Waals surface area (Å²) < 4.78 is 0. The van der Waals surface area contributed by atoms with Crippen molar-refractivity contribution >= 4 is 11.8 Å². The van der Waals surface area contributed by atoms with Crippen LogP contribution in [0.2, 0.25) is 0 Å². The highest BCUT2D eigenvalue weighted by atomic mass is 16.5. The zero-order chi connectivity index (χ0) is 18.1. The highest BCUT2D eigenvalue weighted by Gasteiger charge is 2.29. The molecule has 2 amide bonds. The van der Waals surface area contributed by atoms with E-state index in [-0.39, 0.29) is 11.5 Å². The maximum atomic E-state index is 11.9. The van der Waals surface area contributed by atoms with Crippen LogP contribution in [0.3, 0.4) is 0 Å². The molecular formula is C21H16N2O3. The summed E-state index contributed by atoms with van der Waals surface area (Å²) in [5.74, 6) is -1.26. The molecule has 0 spiro atoms. The molecule has 0 unspecified atom stereocenters. The fourth-order valence-corrected chi connectivity index (χ4v) is 3.17. The average molecular weight is 344 g/mol. The van der Waals surface area contributed by atoms with E-state index in [0.29, 0.717) is 17.5 Å². The van der Waals surface area contributed by atoms with Gasteiger partial charge in [-0.1, -0.05) is 36.4 Å². The number of hydroxylamine groups is 2. The van der Waals surface area contributed by atoms with Gasteiger partial charge in [-0.2, -0.15) is 5.06 Å². The van der Waals surface area contributed by atoms with Gasteiger partial charge in [-0.25, -0.2) is 0 Å². The Kier molecular flexibility index (Phi) is 4.07. The lowest BCUT2D eigenvalue weighted by Gasteiger charge is -2.21. The van der Waals surface area contributed by atoms with Crippen molar-refractivity contribution in [2.75, 3.05) is 0 Å². The number of benzene rings is 2. The Labute approximate surface area is 150 Å². The monoisotopic (exact) mass is 344 g/mol. The molecule has 0 atom stereocenters. The van der Waals surface area contributed by atoms with Crippen LogP contribution in [0.1, 0.15) is 27.0 Å². The lowest BCUT2D eigenvalue weighted by atomic mass is 9.94. The smallest absolute Gasteiger partial charge is 0.278 e. The lowest BCUT2D eigenvalue weighted by Crippen LogP contribution is -2.39. The molecule has 1 aliphatic rings. The summed E-state index contributed by atoms with van der Waals surface area (Å²) in [6.07, 6.45) is 4.28. The third-order valence-electron chi connectivity index (χ3n) is 4.55. The van der Waals surface area contributed by atoms with Crippen LogP contribution in [0, 0.1) is 0 Å². The minimum Gasteiger partial charge on any atom is -0.278 e. The Morgan fingerprint density at radius 1 is 0.885 bits per heavy atom. The predicted octanol–water partition coefficient (Wildman–Crippen LogP) is 3.25. The molecule has 1 N–H and O–H groups in total. The van der Waals surface area contributed by atoms with Crippen LogP contribution < -0.4 is 0 Å². The number of fused-ring (bicyclic) bond motifs is 1. The quantitative estimate of drug-likeness (QED) is 0.585. The van der Waals surface area contributed by atoms with Crippen LogP contribution >= 0.6 is 0 Å². The number of carbonyl (C=O) groups excluding carboxylic acids is 2. The maximum absolute atomic E-state index is 11.9. The molecule has 128 valence electrons. The second-order valence-corrected chi connectivity index (χ2v) is 6.29. The van der Waals surface area contributed by atoms with E-state index in [9.17, 15) is 14.8 Å². The SMILES string of the molecule is O=C1Cc2cc(Cc3ccc(-c4ccncc4)cc3)ccc2C(=O)N1O. The molecule has 0 bridgehead atoms. The molecule has 3 aromatic rings. The fraction of sp³-hybridized carbons (Fsp3) is 0.0952. The number of carbonyl (C=O) groups is 2. The van der Waals surface area contributed by atoms with Crippen LogP contribution in [0.15, 0.2) is 67.0 Å². The summed E-state index contributed by atoms with van der Waals surface area (Å²) in [6, 6.07) is 17.6. The molecule has 2 aromatic carbocycles. The third kappa shape index (κ3) is 3.00. The van der Waals surface area contributed by atoms with Crippen LogP contribution in [0.25, 0.3) is 11.1 Å². The van der Waals surface area contributed by atoms with Crippen molar-refractivity contribution in [2.24, 2.45) is 0 Å². The molecule has 0 aliphatic carbocycles. The van der Waals surface area contributed by atoms with Gasteiger partial charge in [0.25, 0.3) is 11.8 Å². The fourth-order valence-electron chi connectivity index (χ4n) is 3.17. The molecule has 5 heteroatoms. The first kappa shape index (κ1) is 16.2. The Morgan fingerprint density at radius 3 is 2.27 bits per heavy atom. The number of amides is 2. The highest BCUT2D eigenvalue weighted by molar-refractivity contribution is 6.08. The largest absolute Gasteiger partial charge is 0.284 e. The number of imide groups is 1. The number of aromatic nitrogens is 1. The molecular weight excluding hydrogens is 328 g/mol. The zero-order valence-electron chi connectivity index (χ0n) is 13.9. The first-order valence-electron chi connectivity index (χ1n) is 8.29. The van der Waals surface area contributed by atoms with Gasteiger partial charge < -0.3 is 0 Å². The standard InChI is InChI=1S/C21H16N2O3/c24-20-13-18-12-15(3-6-19(18)21(25)23(20)26)11-14-1-4-16(5-2-14)17-7-9-22-10-8-17/h1-10,12,26H,11,13H2. The molecule has 26 heavy (non-hydrogen) atoms. The lowest BCUT2D eigenvalue weighted by molar-refractivity contribution is -0.153. The highest BCUT2D eigenvalue weighted by Crippen LogP contribution is 2.23. The third-order valence-corrected chi connectivity index (χ3v) is 4.55. The zero-order valence-corrected chi connectivity index (χ0v) is 13.9. The summed E-state index contributed by atoms with van der Waals surface area (Å²) >= 11 is 0. The van der Waals surface area contributed by atoms with Gasteiger partial charge in [0.2, 0.25) is 0 Å². The van der Waals surface area contributed by atoms with E-state index in [1.54, 1.807) is 18.5 Å². The van der Waals surface area contributed by atoms with Gasteiger partial charge in [0.05, 0.1) is 6.42 Å². The minimum absolute atomic E-state index is 0.0341. The summed E-state index contributed by atoms with van der Waals surface area (Å²) in [7, 11) is 0. The van der Waals surface area contributed by atoms with Crippen molar-refractivity contribution in [3.05, 3.63) is 89.2 Å². The number of pyridine rings is 1. The average Bonchev–Trinajstić information content (AvgIpc) is 2.67. The Bertz CT molecular complexity index is 982. The van der Waals surface area contributed by atoms with Gasteiger partial charge in [0.1, 0.15) is 0 Å². The van der Waals surface area contributed by atoms with Crippen molar-refractivity contribution in [2.45, 2.75) is 12.8 Å². The van der Waals surface area contributed by atoms with Gasteiger partial charge in [-0.3, -0.25) is 19.8 Å². The number of nitrogens with zero attached hydrogens (tertiary/aromatic N) is 2. The van der Waals surface area contributed by atoms with E-state index in [0.717, 1.165) is 22.3 Å². The van der Waals surface area contributed by atoms with E-state index in [1.165, 1.54) is 0 Å². The Balaban J connectivity index is 1.56. The van der Waals surface area contributed by atoms with Crippen LogP contribution in [0.4, 0.5) is 0 Å². The Morgan fingerprint density at radius 2 is 1.54 bits per heavy atom. The summed E-state index contributed by atoms with van der Waals surface area (Å²) in [4.78, 5) is 27.6. The molecule has 0 fully saturated rings. The predicted molar refractivity (Wildman–Crippen MR) is 95.6 cm³/mol. The summed E-state index contributed by atoms with van der Waals surface area (Å²) in [5.41, 5.74) is 5.44. The van der Waals surface area contributed by atoms with Gasteiger partial charge >= 0.3 is 0 Å². The van der Waals surface area contributed by atoms with E-state index >= 15 is 0 Å². The minimum atomic E-state index is -0.662. The number of hydrogen-bond acceptors (Lipinski definition) is 4. The van der Waals surface area contributed by atoms with Gasteiger partial charge in [-0.15, -0.1) is 0 Å². The van der Waals surface area contributed by atoms with Crippen molar-refractivity contribution in [1.29, 1.82) is 0 Å². The first-order chi connectivity index (χ1) is 12.6. The molecule has 4 rings (SSSR count). The summed E-state index contributed by atoms with van der Waals surface area (Å²) in [6.45, 7) is 0. The molecule has 5 nitrogen and oxygen atoms in total. The first-order valence-corrected chi connectivity index (χ1v) is 8.29. The number of rotatable bonds is 3. The molecule has 1 aliphatic heterocycles. The van der Waals surface area contributed by atoms with Crippen molar-refractivity contribution in [3.63, 3.8) is 0 Å². The maximum Gasteiger partial charge on any atom is 0.284 e. The van der Waals surface area contributed by atoms with E-state index in [2.05, 4.69) is 29.2 Å². The van der Waals surface area contributed by atoms with Crippen molar-refractivity contribution in [3.8, 4) is 11.1 Å². The van der Waals surface area contributed by atoms with Crippen molar-refractivity contribution < 1.29 is 14.8 Å². The van der Waals surface area contributed by atoms with Crippen LogP contribution in [-0.4, -0.2) is 27.1 Å². The number of hydrogen-bond donors (Lipinski definition) is 1. The van der Waals surface area contributed by atoms with Crippen LogP contribution in [0.5, 0.6) is 0 Å². The van der Waals surface area contributed by atoms with E-state index in [1.807, 2.05) is 24.3 Å². The van der Waals surface area contributed by atoms with Crippen LogP contribution in [-0.2, 0) is 17.6 Å².